The van der Waals surface area contributed by atoms with Crippen molar-refractivity contribution in [1.29, 1.82) is 0 Å². The Labute approximate surface area is 305 Å². The Morgan fingerprint density at radius 3 is 2.10 bits per heavy atom. The molecule has 4 N–H and O–H groups in total. The number of aromatic nitrogens is 1. The number of carbonyl (C=O) groups is 5. The van der Waals surface area contributed by atoms with Gasteiger partial charge in [0.1, 0.15) is 23.3 Å². The summed E-state index contributed by atoms with van der Waals surface area (Å²) in [7, 11) is -4.18. The molecule has 0 aliphatic carbocycles. The summed E-state index contributed by atoms with van der Waals surface area (Å²) in [5, 5.41) is 15.6. The molecule has 274 valence electrons. The molecule has 16 heteroatoms. The number of hydrogen-bond acceptors (Lipinski definition) is 10. The standard InChI is InChI=1S/C36H38ClN5O9S/c1-19(2)29(31(44)35-38-26-18-24(43)13-16-28(26)51-35)39-34(47)27-6-5-17-42(27)36(48)30(20(3)4)40-32(45)21-7-9-22(10-8-21)33(46)41-52(49,50)25-14-11-23(37)12-15-25/h7-16,18-20,27,29-30,43H,5-6,17H2,1-4H3,(H,39,47)(H,40,45)(H,41,46)/t27-,29?,30-/m0/s1. The van der Waals surface area contributed by atoms with E-state index in [4.69, 9.17) is 16.0 Å². The second-order valence-corrected chi connectivity index (χ2v) is 15.2. The van der Waals surface area contributed by atoms with E-state index in [1.807, 2.05) is 4.72 Å². The molecule has 1 saturated heterocycles. The average Bonchev–Trinajstić information content (AvgIpc) is 3.76. The third-order valence-electron chi connectivity index (χ3n) is 8.65. The fourth-order valence-electron chi connectivity index (χ4n) is 5.79. The minimum absolute atomic E-state index is 0.0231. The quantitative estimate of drug-likeness (QED) is 0.153. The molecule has 52 heavy (non-hydrogen) atoms. The monoisotopic (exact) mass is 751 g/mol. The lowest BCUT2D eigenvalue weighted by molar-refractivity contribution is -0.140. The van der Waals surface area contributed by atoms with Gasteiger partial charge in [-0.3, -0.25) is 24.0 Å². The summed E-state index contributed by atoms with van der Waals surface area (Å²) in [6.07, 6.45) is 0.865. The lowest BCUT2D eigenvalue weighted by atomic mass is 9.98. The van der Waals surface area contributed by atoms with Crippen LogP contribution in [0.4, 0.5) is 0 Å². The topological polar surface area (TPSA) is 205 Å². The van der Waals surface area contributed by atoms with Gasteiger partial charge in [-0.05, 0) is 85.3 Å². The summed E-state index contributed by atoms with van der Waals surface area (Å²) >= 11 is 5.82. The van der Waals surface area contributed by atoms with E-state index in [0.717, 1.165) is 0 Å². The largest absolute Gasteiger partial charge is 0.508 e. The molecule has 1 fully saturated rings. The zero-order valence-corrected chi connectivity index (χ0v) is 30.3. The van der Waals surface area contributed by atoms with E-state index in [0.29, 0.717) is 23.4 Å². The van der Waals surface area contributed by atoms with Crippen LogP contribution in [0.2, 0.25) is 5.02 Å². The van der Waals surface area contributed by atoms with E-state index in [1.165, 1.54) is 71.6 Å². The number of likely N-dealkylation sites (tertiary alicyclic amines) is 1. The fourth-order valence-corrected chi connectivity index (χ4v) is 6.89. The number of nitrogens with one attached hydrogen (secondary N) is 3. The number of nitrogens with zero attached hydrogens (tertiary/aromatic N) is 2. The summed E-state index contributed by atoms with van der Waals surface area (Å²) in [4.78, 5) is 72.4. The maximum atomic E-state index is 13.9. The van der Waals surface area contributed by atoms with Gasteiger partial charge in [0.05, 0.1) is 10.9 Å². The first-order chi connectivity index (χ1) is 24.5. The number of fused-ring (bicyclic) bond motifs is 1. The minimum atomic E-state index is -4.18. The Morgan fingerprint density at radius 1 is 0.865 bits per heavy atom. The highest BCUT2D eigenvalue weighted by Crippen LogP contribution is 2.24. The van der Waals surface area contributed by atoms with Crippen LogP contribution in [-0.4, -0.2) is 77.5 Å². The van der Waals surface area contributed by atoms with Crippen LogP contribution in [0.3, 0.4) is 0 Å². The van der Waals surface area contributed by atoms with Crippen LogP contribution in [0, 0.1) is 11.8 Å². The van der Waals surface area contributed by atoms with Gasteiger partial charge < -0.3 is 25.1 Å². The molecule has 5 rings (SSSR count). The number of phenols is 1. The molecule has 0 bridgehead atoms. The summed E-state index contributed by atoms with van der Waals surface area (Å²) in [6.45, 7) is 7.25. The Balaban J connectivity index is 1.24. The van der Waals surface area contributed by atoms with E-state index in [1.54, 1.807) is 27.7 Å². The molecule has 1 aromatic heterocycles. The van der Waals surface area contributed by atoms with Crippen LogP contribution in [0.15, 0.2) is 76.0 Å². The highest BCUT2D eigenvalue weighted by Gasteiger charge is 2.40. The van der Waals surface area contributed by atoms with Gasteiger partial charge in [-0.25, -0.2) is 18.1 Å². The number of sulfonamides is 1. The van der Waals surface area contributed by atoms with Gasteiger partial charge in [0.25, 0.3) is 27.7 Å². The van der Waals surface area contributed by atoms with Crippen molar-refractivity contribution < 1.29 is 41.9 Å². The Hall–Kier alpha value is -5.28. The van der Waals surface area contributed by atoms with Crippen LogP contribution >= 0.6 is 11.6 Å². The lowest BCUT2D eigenvalue weighted by Crippen LogP contribution is -2.57. The number of ketones is 1. The van der Waals surface area contributed by atoms with Gasteiger partial charge in [-0.15, -0.1) is 0 Å². The lowest BCUT2D eigenvalue weighted by Gasteiger charge is -2.31. The predicted molar refractivity (Wildman–Crippen MR) is 190 cm³/mol. The summed E-state index contributed by atoms with van der Waals surface area (Å²) < 4.78 is 32.8. The SMILES string of the molecule is CC(C)C(NC(=O)[C@@H]1CCCN1C(=O)[C@@H](NC(=O)c1ccc(C(=O)NS(=O)(=O)c2ccc(Cl)cc2)cc1)C(C)C)C(=O)c1nc2cc(O)ccc2o1. The van der Waals surface area contributed by atoms with Gasteiger partial charge in [0, 0.05) is 28.8 Å². The summed E-state index contributed by atoms with van der Waals surface area (Å²) in [5.41, 5.74) is 0.671. The molecular weight excluding hydrogens is 714 g/mol. The van der Waals surface area contributed by atoms with Crippen molar-refractivity contribution in [3.63, 3.8) is 0 Å². The number of hydrogen-bond donors (Lipinski definition) is 4. The number of aromatic hydroxyl groups is 1. The number of amides is 4. The van der Waals surface area contributed by atoms with Crippen molar-refractivity contribution in [2.24, 2.45) is 11.8 Å². The molecule has 1 aliphatic heterocycles. The maximum absolute atomic E-state index is 13.9. The normalized spacial score (nSPS) is 15.8. The number of oxazole rings is 1. The van der Waals surface area contributed by atoms with Gasteiger partial charge in [0.15, 0.2) is 5.58 Å². The molecule has 2 heterocycles. The van der Waals surface area contributed by atoms with Crippen LogP contribution in [0.1, 0.15) is 71.9 Å². The minimum Gasteiger partial charge on any atom is -0.508 e. The molecule has 3 atom stereocenters. The molecule has 4 amide bonds. The van der Waals surface area contributed by atoms with Gasteiger partial charge >= 0.3 is 0 Å². The van der Waals surface area contributed by atoms with Gasteiger partial charge in [0.2, 0.25) is 17.6 Å². The van der Waals surface area contributed by atoms with Crippen LogP contribution in [-0.2, 0) is 19.6 Å². The fraction of sp³-hybridized carbons (Fsp3) is 0.333. The Morgan fingerprint density at radius 2 is 1.48 bits per heavy atom. The van der Waals surface area contributed by atoms with Crippen molar-refractivity contribution in [3.05, 3.63) is 88.8 Å². The summed E-state index contributed by atoms with van der Waals surface area (Å²) in [5.74, 6) is -4.11. The average molecular weight is 752 g/mol. The number of carbonyl (C=O) groups excluding carboxylic acids is 5. The molecule has 14 nitrogen and oxygen atoms in total. The van der Waals surface area contributed by atoms with E-state index in [-0.39, 0.29) is 51.6 Å². The molecule has 3 aromatic carbocycles. The smallest absolute Gasteiger partial charge is 0.266 e. The van der Waals surface area contributed by atoms with Gasteiger partial charge in [-0.2, -0.15) is 0 Å². The number of benzene rings is 3. The number of Topliss-reactive ketones (excluding diaryl/α,β-unsaturated/α-hetero) is 1. The summed E-state index contributed by atoms with van der Waals surface area (Å²) in [6, 6.07) is 11.8. The Kier molecular flexibility index (Phi) is 11.3. The van der Waals surface area contributed by atoms with E-state index >= 15 is 0 Å². The maximum Gasteiger partial charge on any atom is 0.266 e. The molecule has 1 aliphatic rings. The van der Waals surface area contributed by atoms with Crippen LogP contribution in [0.5, 0.6) is 5.75 Å². The highest BCUT2D eigenvalue weighted by molar-refractivity contribution is 7.90. The second kappa shape index (κ2) is 15.5. The molecular formula is C36H38ClN5O9S. The first-order valence-electron chi connectivity index (χ1n) is 16.5. The molecule has 0 radical (unpaired) electrons. The van der Waals surface area contributed by atoms with E-state index in [9.17, 15) is 37.5 Å². The van der Waals surface area contributed by atoms with Crippen molar-refractivity contribution >= 4 is 62.1 Å². The number of phenolic OH excluding ortho intramolecular Hbond substituents is 1. The third-order valence-corrected chi connectivity index (χ3v) is 10.2. The van der Waals surface area contributed by atoms with Crippen LogP contribution < -0.4 is 15.4 Å². The first-order valence-corrected chi connectivity index (χ1v) is 18.4. The second-order valence-electron chi connectivity index (χ2n) is 13.1. The third kappa shape index (κ3) is 8.43. The Bertz CT molecular complexity index is 2120. The first kappa shape index (κ1) is 38.0. The predicted octanol–water partition coefficient (Wildman–Crippen LogP) is 4.07. The van der Waals surface area contributed by atoms with Crippen molar-refractivity contribution in [3.8, 4) is 5.75 Å². The zero-order chi connectivity index (χ0) is 37.9. The van der Waals surface area contributed by atoms with Crippen molar-refractivity contribution in [2.75, 3.05) is 6.54 Å². The van der Waals surface area contributed by atoms with Crippen LogP contribution in [0.25, 0.3) is 11.1 Å². The molecule has 4 aromatic rings. The number of halogens is 1. The molecule has 0 saturated carbocycles. The van der Waals surface area contributed by atoms with Gasteiger partial charge in [-0.1, -0.05) is 39.3 Å². The van der Waals surface area contributed by atoms with E-state index in [2.05, 4.69) is 15.6 Å². The zero-order valence-electron chi connectivity index (χ0n) is 28.8. The van der Waals surface area contributed by atoms with Crippen molar-refractivity contribution in [2.45, 2.75) is 63.6 Å². The highest BCUT2D eigenvalue weighted by atomic mass is 35.5. The van der Waals surface area contributed by atoms with Crippen molar-refractivity contribution in [1.82, 2.24) is 25.2 Å². The molecule has 0 spiro atoms. The number of rotatable bonds is 12. The molecule has 1 unspecified atom stereocenters. The van der Waals surface area contributed by atoms with E-state index < -0.39 is 57.6 Å².